The quantitative estimate of drug-likeness (QED) is 0.268. The Labute approximate surface area is 267 Å². The maximum absolute atomic E-state index is 14.2. The maximum Gasteiger partial charge on any atom is 0.332 e. The number of urea groups is 1. The van der Waals surface area contributed by atoms with Crippen molar-refractivity contribution in [3.63, 3.8) is 0 Å². The number of nitrogens with zero attached hydrogens (tertiary/aromatic N) is 6. The number of hydrogen-bond acceptors (Lipinski definition) is 7. The lowest BCUT2D eigenvalue weighted by Gasteiger charge is -2.46. The SMILES string of the molecule is C=CCN(C(=O)NCc1ccccc1)N1CC(=O)N2C(Cc3ccccc3)C(=O)N(Cc3cccc4sc(N(C)C)nc34)C[C@@H]21. The van der Waals surface area contributed by atoms with Crippen molar-refractivity contribution >= 4 is 44.5 Å². The summed E-state index contributed by atoms with van der Waals surface area (Å²) in [6.07, 6.45) is 1.49. The summed E-state index contributed by atoms with van der Waals surface area (Å²) in [6, 6.07) is 24.4. The first-order chi connectivity index (χ1) is 21.8. The molecular weight excluding hydrogens is 586 g/mol. The van der Waals surface area contributed by atoms with Gasteiger partial charge >= 0.3 is 6.03 Å². The molecule has 1 unspecified atom stereocenters. The van der Waals surface area contributed by atoms with Gasteiger partial charge in [-0.15, -0.1) is 6.58 Å². The third kappa shape index (κ3) is 6.27. The Morgan fingerprint density at radius 2 is 1.73 bits per heavy atom. The number of piperazine rings is 1. The predicted octanol–water partition coefficient (Wildman–Crippen LogP) is 4.10. The van der Waals surface area contributed by atoms with E-state index in [4.69, 9.17) is 4.98 Å². The van der Waals surface area contributed by atoms with E-state index in [0.29, 0.717) is 19.5 Å². The molecule has 0 saturated carbocycles. The van der Waals surface area contributed by atoms with E-state index in [1.165, 1.54) is 5.01 Å². The highest BCUT2D eigenvalue weighted by Crippen LogP contribution is 2.33. The molecule has 3 heterocycles. The topological polar surface area (TPSA) is 92.3 Å². The van der Waals surface area contributed by atoms with Crippen LogP contribution < -0.4 is 10.2 Å². The van der Waals surface area contributed by atoms with Crippen LogP contribution in [0.4, 0.5) is 9.93 Å². The summed E-state index contributed by atoms with van der Waals surface area (Å²) >= 11 is 1.61. The van der Waals surface area contributed by atoms with E-state index >= 15 is 0 Å². The molecule has 232 valence electrons. The van der Waals surface area contributed by atoms with E-state index < -0.39 is 12.2 Å². The molecule has 1 N–H and O–H groups in total. The molecule has 4 amide bonds. The normalized spacial score (nSPS) is 18.3. The van der Waals surface area contributed by atoms with Gasteiger partial charge < -0.3 is 20.0 Å². The van der Waals surface area contributed by atoms with Crippen molar-refractivity contribution in [1.82, 2.24) is 30.1 Å². The third-order valence-corrected chi connectivity index (χ3v) is 9.39. The number of anilines is 1. The highest BCUT2D eigenvalue weighted by molar-refractivity contribution is 7.22. The molecule has 0 aliphatic carbocycles. The predicted molar refractivity (Wildman–Crippen MR) is 176 cm³/mol. The Kier molecular flexibility index (Phi) is 8.81. The smallest absolute Gasteiger partial charge is 0.332 e. The van der Waals surface area contributed by atoms with E-state index in [0.717, 1.165) is 32.0 Å². The van der Waals surface area contributed by atoms with Crippen molar-refractivity contribution in [2.75, 3.05) is 38.6 Å². The Hall–Kier alpha value is -4.74. The molecular formula is C34H37N7O3S. The van der Waals surface area contributed by atoms with Gasteiger partial charge in [0, 0.05) is 33.6 Å². The highest BCUT2D eigenvalue weighted by atomic mass is 32.1. The number of para-hydroxylation sites is 1. The molecule has 2 aliphatic heterocycles. The molecule has 11 heteroatoms. The van der Waals surface area contributed by atoms with Gasteiger partial charge in [0.2, 0.25) is 11.8 Å². The molecule has 0 spiro atoms. The van der Waals surface area contributed by atoms with E-state index in [1.807, 2.05) is 103 Å². The Bertz CT molecular complexity index is 1690. The molecule has 2 saturated heterocycles. The van der Waals surface area contributed by atoms with E-state index in [1.54, 1.807) is 27.3 Å². The van der Waals surface area contributed by atoms with Crippen LogP contribution in [-0.4, -0.2) is 88.6 Å². The number of benzene rings is 3. The fourth-order valence-electron chi connectivity index (χ4n) is 6.04. The molecule has 1 aromatic heterocycles. The first-order valence-electron chi connectivity index (χ1n) is 15.0. The minimum atomic E-state index is -0.714. The number of amides is 4. The van der Waals surface area contributed by atoms with Crippen molar-refractivity contribution in [1.29, 1.82) is 0 Å². The monoisotopic (exact) mass is 623 g/mol. The zero-order valence-electron chi connectivity index (χ0n) is 25.5. The van der Waals surface area contributed by atoms with Gasteiger partial charge in [-0.2, -0.15) is 5.01 Å². The highest BCUT2D eigenvalue weighted by Gasteiger charge is 2.52. The van der Waals surface area contributed by atoms with Crippen molar-refractivity contribution < 1.29 is 14.4 Å². The Balaban J connectivity index is 1.32. The molecule has 2 fully saturated rings. The number of rotatable bonds is 10. The second-order valence-corrected chi connectivity index (χ2v) is 12.5. The second-order valence-electron chi connectivity index (χ2n) is 11.5. The average Bonchev–Trinajstić information content (AvgIpc) is 3.63. The number of carbonyl (C=O) groups excluding carboxylic acids is 3. The molecule has 3 aromatic carbocycles. The third-order valence-electron chi connectivity index (χ3n) is 8.21. The molecule has 45 heavy (non-hydrogen) atoms. The van der Waals surface area contributed by atoms with Crippen molar-refractivity contribution in [3.8, 4) is 0 Å². The largest absolute Gasteiger partial charge is 0.354 e. The molecule has 10 nitrogen and oxygen atoms in total. The number of thiazole rings is 1. The van der Waals surface area contributed by atoms with Crippen LogP contribution in [0, 0.1) is 0 Å². The van der Waals surface area contributed by atoms with E-state index in [-0.39, 0.29) is 37.5 Å². The minimum absolute atomic E-state index is 0.0163. The summed E-state index contributed by atoms with van der Waals surface area (Å²) in [5.41, 5.74) is 3.74. The van der Waals surface area contributed by atoms with Crippen LogP contribution in [0.1, 0.15) is 16.7 Å². The van der Waals surface area contributed by atoms with Gasteiger partial charge in [-0.1, -0.05) is 90.2 Å². The number of aromatic nitrogens is 1. The Morgan fingerprint density at radius 1 is 1.02 bits per heavy atom. The van der Waals surface area contributed by atoms with Gasteiger partial charge in [0.15, 0.2) is 5.13 Å². The van der Waals surface area contributed by atoms with Gasteiger partial charge in [-0.05, 0) is 22.8 Å². The Morgan fingerprint density at radius 3 is 2.42 bits per heavy atom. The lowest BCUT2D eigenvalue weighted by Crippen LogP contribution is -2.66. The second kappa shape index (κ2) is 13.1. The van der Waals surface area contributed by atoms with Crippen molar-refractivity contribution in [3.05, 3.63) is 108 Å². The zero-order chi connectivity index (χ0) is 31.5. The van der Waals surface area contributed by atoms with Gasteiger partial charge in [0.05, 0.1) is 29.9 Å². The number of nitrogens with one attached hydrogen (secondary N) is 1. The first kappa shape index (κ1) is 30.3. The summed E-state index contributed by atoms with van der Waals surface area (Å²) < 4.78 is 1.05. The average molecular weight is 624 g/mol. The van der Waals surface area contributed by atoms with Crippen molar-refractivity contribution in [2.45, 2.75) is 31.7 Å². The summed E-state index contributed by atoms with van der Waals surface area (Å²) in [4.78, 5) is 51.9. The van der Waals surface area contributed by atoms with Crippen LogP contribution in [0.5, 0.6) is 0 Å². The van der Waals surface area contributed by atoms with Gasteiger partial charge in [-0.3, -0.25) is 14.6 Å². The van der Waals surface area contributed by atoms with Gasteiger partial charge in [0.1, 0.15) is 12.2 Å². The molecule has 2 atom stereocenters. The van der Waals surface area contributed by atoms with Gasteiger partial charge in [0.25, 0.3) is 0 Å². The lowest BCUT2D eigenvalue weighted by molar-refractivity contribution is -0.157. The molecule has 0 radical (unpaired) electrons. The minimum Gasteiger partial charge on any atom is -0.354 e. The van der Waals surface area contributed by atoms with Crippen LogP contribution in [0.2, 0.25) is 0 Å². The van der Waals surface area contributed by atoms with Crippen LogP contribution in [0.25, 0.3) is 10.2 Å². The van der Waals surface area contributed by atoms with Crippen LogP contribution >= 0.6 is 11.3 Å². The number of hydrogen-bond donors (Lipinski definition) is 1. The standard InChI is InChI=1S/C34H37N7O3S/c1-4-18-39(33(44)35-20-25-14-9-6-10-15-25)40-23-30(42)41-27(19-24-12-7-5-8-13-24)32(43)38(22-29(40)41)21-26-16-11-17-28-31(26)36-34(45-28)37(2)3/h4-17,27,29H,1,18-23H2,2-3H3,(H,35,44)/t27?,29-/m1/s1. The molecule has 4 aromatic rings. The summed E-state index contributed by atoms with van der Waals surface area (Å²) in [6.45, 7) is 5.00. The van der Waals surface area contributed by atoms with Crippen LogP contribution in [0.3, 0.4) is 0 Å². The summed E-state index contributed by atoms with van der Waals surface area (Å²) in [5, 5.41) is 7.21. The van der Waals surface area contributed by atoms with E-state index in [2.05, 4.69) is 11.9 Å². The lowest BCUT2D eigenvalue weighted by atomic mass is 10.00. The summed E-state index contributed by atoms with van der Waals surface area (Å²) in [5.74, 6) is -0.301. The zero-order valence-corrected chi connectivity index (χ0v) is 26.3. The fraction of sp³-hybridized carbons (Fsp3) is 0.294. The molecule has 6 rings (SSSR count). The number of carbonyl (C=O) groups is 3. The number of hydrazine groups is 1. The fourth-order valence-corrected chi connectivity index (χ4v) is 6.97. The first-order valence-corrected chi connectivity index (χ1v) is 15.8. The van der Waals surface area contributed by atoms with Crippen LogP contribution in [-0.2, 0) is 29.1 Å². The molecule has 0 bridgehead atoms. The van der Waals surface area contributed by atoms with E-state index in [9.17, 15) is 14.4 Å². The summed E-state index contributed by atoms with van der Waals surface area (Å²) in [7, 11) is 3.93. The van der Waals surface area contributed by atoms with Gasteiger partial charge in [-0.25, -0.2) is 9.78 Å². The molecule has 2 aliphatic rings. The maximum atomic E-state index is 14.2. The van der Waals surface area contributed by atoms with Crippen LogP contribution in [0.15, 0.2) is 91.5 Å². The van der Waals surface area contributed by atoms with Crippen molar-refractivity contribution in [2.24, 2.45) is 0 Å². The number of fused-ring (bicyclic) bond motifs is 2.